The van der Waals surface area contributed by atoms with Crippen molar-refractivity contribution in [2.45, 2.75) is 60.6 Å². The van der Waals surface area contributed by atoms with E-state index < -0.39 is 37.0 Å². The summed E-state index contributed by atoms with van der Waals surface area (Å²) in [5.74, 6) is -3.67. The average molecular weight is 480 g/mol. The van der Waals surface area contributed by atoms with Crippen molar-refractivity contribution in [1.29, 1.82) is 0 Å². The smallest absolute Gasteiger partial charge is 0.260 e. The standard InChI is InChI=1S/C19H27F2N3O5S2/c1-14(2)30(26,27)16-5-6-17(22-12-16)31(28,29)24-9-3-4-15(13-24)18(25)23-10-7-19(20,21)8-11-23/h5-6,12,14-15H,3-4,7-11,13H2,1-2H3/t15-/m1/s1. The van der Waals surface area contributed by atoms with Gasteiger partial charge in [0.25, 0.3) is 15.9 Å². The van der Waals surface area contributed by atoms with Crippen LogP contribution in [-0.2, 0) is 24.7 Å². The zero-order chi connectivity index (χ0) is 23.0. The molecule has 0 aliphatic carbocycles. The number of hydrogen-bond donors (Lipinski definition) is 0. The van der Waals surface area contributed by atoms with Crippen LogP contribution in [0.15, 0.2) is 28.3 Å². The molecule has 0 radical (unpaired) electrons. The Morgan fingerprint density at radius 2 is 1.77 bits per heavy atom. The van der Waals surface area contributed by atoms with Gasteiger partial charge in [0.05, 0.1) is 16.1 Å². The highest BCUT2D eigenvalue weighted by Crippen LogP contribution is 2.30. The first kappa shape index (κ1) is 24.0. The van der Waals surface area contributed by atoms with E-state index in [0.29, 0.717) is 12.8 Å². The molecule has 3 rings (SSSR count). The number of hydrogen-bond acceptors (Lipinski definition) is 6. The molecular formula is C19H27F2N3O5S2. The van der Waals surface area contributed by atoms with E-state index in [1.807, 2.05) is 0 Å². The van der Waals surface area contributed by atoms with E-state index in [4.69, 9.17) is 0 Å². The molecule has 8 nitrogen and oxygen atoms in total. The number of pyridine rings is 1. The Morgan fingerprint density at radius 3 is 2.32 bits per heavy atom. The number of likely N-dealkylation sites (tertiary alicyclic amines) is 1. The van der Waals surface area contributed by atoms with Crippen molar-refractivity contribution >= 4 is 25.8 Å². The molecule has 2 saturated heterocycles. The van der Waals surface area contributed by atoms with E-state index in [1.54, 1.807) is 0 Å². The van der Waals surface area contributed by atoms with E-state index in [-0.39, 0.29) is 54.8 Å². The summed E-state index contributed by atoms with van der Waals surface area (Å²) in [5.41, 5.74) is 0. The molecule has 1 atom stereocenters. The lowest BCUT2D eigenvalue weighted by Crippen LogP contribution is -2.50. The predicted molar refractivity (Wildman–Crippen MR) is 109 cm³/mol. The summed E-state index contributed by atoms with van der Waals surface area (Å²) in [4.78, 5) is 18.0. The number of piperidine rings is 2. The van der Waals surface area contributed by atoms with Crippen LogP contribution in [0.25, 0.3) is 0 Å². The first-order valence-corrected chi connectivity index (χ1v) is 13.2. The fourth-order valence-corrected chi connectivity index (χ4v) is 6.20. The van der Waals surface area contributed by atoms with E-state index >= 15 is 0 Å². The van der Waals surface area contributed by atoms with Gasteiger partial charge in [-0.2, -0.15) is 4.31 Å². The number of sulfone groups is 1. The summed E-state index contributed by atoms with van der Waals surface area (Å²) in [6.07, 6.45) is 1.20. The summed E-state index contributed by atoms with van der Waals surface area (Å²) in [5, 5.41) is -0.957. The first-order chi connectivity index (χ1) is 14.3. The van der Waals surface area contributed by atoms with Gasteiger partial charge < -0.3 is 4.90 Å². The molecule has 0 spiro atoms. The molecule has 2 aliphatic rings. The van der Waals surface area contributed by atoms with Gasteiger partial charge in [0.2, 0.25) is 5.91 Å². The first-order valence-electron chi connectivity index (χ1n) is 10.2. The quantitative estimate of drug-likeness (QED) is 0.639. The number of carbonyl (C=O) groups is 1. The predicted octanol–water partition coefficient (Wildman–Crippen LogP) is 1.92. The number of sulfonamides is 1. The van der Waals surface area contributed by atoms with Crippen molar-refractivity contribution in [2.24, 2.45) is 5.92 Å². The fourth-order valence-electron chi connectivity index (χ4n) is 3.77. The number of amides is 1. The minimum atomic E-state index is -4.02. The second kappa shape index (κ2) is 8.70. The molecule has 0 saturated carbocycles. The van der Waals surface area contributed by atoms with Gasteiger partial charge in [-0.3, -0.25) is 4.79 Å². The molecule has 0 N–H and O–H groups in total. The molecule has 0 unspecified atom stereocenters. The normalized spacial score (nSPS) is 23.1. The molecule has 1 amide bonds. The summed E-state index contributed by atoms with van der Waals surface area (Å²) < 4.78 is 78.3. The third kappa shape index (κ3) is 5.06. The molecule has 12 heteroatoms. The van der Waals surface area contributed by atoms with Crippen molar-refractivity contribution in [1.82, 2.24) is 14.2 Å². The van der Waals surface area contributed by atoms with Crippen LogP contribution in [0.1, 0.15) is 39.5 Å². The molecule has 0 aromatic carbocycles. The molecule has 0 bridgehead atoms. The number of nitrogens with zero attached hydrogens (tertiary/aromatic N) is 3. The van der Waals surface area contributed by atoms with Crippen molar-refractivity contribution in [3.63, 3.8) is 0 Å². The van der Waals surface area contributed by atoms with Crippen LogP contribution in [-0.4, -0.2) is 74.3 Å². The third-order valence-corrected chi connectivity index (χ3v) is 9.72. The summed E-state index contributed by atoms with van der Waals surface area (Å²) >= 11 is 0. The zero-order valence-electron chi connectivity index (χ0n) is 17.5. The molecule has 1 aromatic rings. The van der Waals surface area contributed by atoms with E-state index in [0.717, 1.165) is 16.6 Å². The monoisotopic (exact) mass is 479 g/mol. The maximum absolute atomic E-state index is 13.4. The van der Waals surface area contributed by atoms with Crippen LogP contribution < -0.4 is 0 Å². The molecule has 1 aromatic heterocycles. The fraction of sp³-hybridized carbons (Fsp3) is 0.684. The van der Waals surface area contributed by atoms with Crippen LogP contribution in [0.5, 0.6) is 0 Å². The second-order valence-electron chi connectivity index (χ2n) is 8.31. The average Bonchev–Trinajstić information content (AvgIpc) is 2.73. The van der Waals surface area contributed by atoms with Gasteiger partial charge in [0.15, 0.2) is 14.9 Å². The number of alkyl halides is 2. The maximum Gasteiger partial charge on any atom is 0.260 e. The Hall–Kier alpha value is -1.66. The Bertz CT molecular complexity index is 1020. The van der Waals surface area contributed by atoms with E-state index in [1.165, 1.54) is 24.8 Å². The lowest BCUT2D eigenvalue weighted by Gasteiger charge is -2.37. The van der Waals surface area contributed by atoms with Crippen molar-refractivity contribution < 1.29 is 30.4 Å². The van der Waals surface area contributed by atoms with Crippen LogP contribution in [0.3, 0.4) is 0 Å². The zero-order valence-corrected chi connectivity index (χ0v) is 19.1. The minimum Gasteiger partial charge on any atom is -0.342 e. The Labute approximate surface area is 181 Å². The lowest BCUT2D eigenvalue weighted by molar-refractivity contribution is -0.142. The number of halogens is 2. The highest BCUT2D eigenvalue weighted by atomic mass is 32.2. The highest BCUT2D eigenvalue weighted by Gasteiger charge is 2.40. The van der Waals surface area contributed by atoms with Crippen LogP contribution in [0.4, 0.5) is 8.78 Å². The molecule has 174 valence electrons. The van der Waals surface area contributed by atoms with Gasteiger partial charge >= 0.3 is 0 Å². The SMILES string of the molecule is CC(C)S(=O)(=O)c1ccc(S(=O)(=O)N2CCC[C@@H](C(=O)N3CCC(F)(F)CC3)C2)nc1. The molecular weight excluding hydrogens is 452 g/mol. The summed E-state index contributed by atoms with van der Waals surface area (Å²) in [7, 11) is -7.60. The van der Waals surface area contributed by atoms with E-state index in [9.17, 15) is 30.4 Å². The van der Waals surface area contributed by atoms with Crippen molar-refractivity contribution in [3.05, 3.63) is 18.3 Å². The minimum absolute atomic E-state index is 0.0393. The number of carbonyl (C=O) groups excluding carboxylic acids is 1. The van der Waals surface area contributed by atoms with Crippen LogP contribution in [0.2, 0.25) is 0 Å². The van der Waals surface area contributed by atoms with Crippen molar-refractivity contribution in [3.8, 4) is 0 Å². The molecule has 31 heavy (non-hydrogen) atoms. The number of aromatic nitrogens is 1. The third-order valence-electron chi connectivity index (χ3n) is 5.80. The van der Waals surface area contributed by atoms with Gasteiger partial charge in [-0.25, -0.2) is 30.6 Å². The largest absolute Gasteiger partial charge is 0.342 e. The van der Waals surface area contributed by atoms with Crippen LogP contribution >= 0.6 is 0 Å². The van der Waals surface area contributed by atoms with Gasteiger partial charge in [-0.05, 0) is 38.8 Å². The number of rotatable bonds is 5. The van der Waals surface area contributed by atoms with Gasteiger partial charge in [-0.1, -0.05) is 0 Å². The highest BCUT2D eigenvalue weighted by molar-refractivity contribution is 7.92. The Morgan fingerprint density at radius 1 is 1.13 bits per heavy atom. The Kier molecular flexibility index (Phi) is 6.73. The van der Waals surface area contributed by atoms with Gasteiger partial charge in [0, 0.05) is 45.2 Å². The van der Waals surface area contributed by atoms with E-state index in [2.05, 4.69) is 4.98 Å². The summed E-state index contributed by atoms with van der Waals surface area (Å²) in [6, 6.07) is 2.37. The molecule has 3 heterocycles. The summed E-state index contributed by atoms with van der Waals surface area (Å²) in [6.45, 7) is 3.12. The van der Waals surface area contributed by atoms with Gasteiger partial charge in [0.1, 0.15) is 0 Å². The maximum atomic E-state index is 13.4. The molecule has 2 fully saturated rings. The van der Waals surface area contributed by atoms with Crippen molar-refractivity contribution in [2.75, 3.05) is 26.2 Å². The lowest BCUT2D eigenvalue weighted by atomic mass is 9.96. The van der Waals surface area contributed by atoms with Crippen LogP contribution in [0, 0.1) is 5.92 Å². The van der Waals surface area contributed by atoms with Gasteiger partial charge in [-0.15, -0.1) is 0 Å². The molecule has 2 aliphatic heterocycles. The topological polar surface area (TPSA) is 105 Å². The second-order valence-corrected chi connectivity index (χ2v) is 12.7. The Balaban J connectivity index is 1.72.